The van der Waals surface area contributed by atoms with Gasteiger partial charge in [-0.05, 0) is 44.9 Å². The minimum Gasteiger partial charge on any atom is -0.496 e. The highest BCUT2D eigenvalue weighted by atomic mass is 19.1. The maximum Gasteiger partial charge on any atom is 0.123 e. The zero-order valence-electron chi connectivity index (χ0n) is 11.8. The zero-order valence-corrected chi connectivity index (χ0v) is 11.8. The van der Waals surface area contributed by atoms with E-state index in [0.29, 0.717) is 12.3 Å². The molecule has 0 amide bonds. The lowest BCUT2D eigenvalue weighted by molar-refractivity contribution is -0.00751. The minimum atomic E-state index is -0.245. The monoisotopic (exact) mass is 267 g/mol. The van der Waals surface area contributed by atoms with Gasteiger partial charge in [0.15, 0.2) is 0 Å². The molecule has 0 saturated carbocycles. The van der Waals surface area contributed by atoms with Crippen LogP contribution in [0.25, 0.3) is 0 Å². The summed E-state index contributed by atoms with van der Waals surface area (Å²) >= 11 is 0. The van der Waals surface area contributed by atoms with Crippen molar-refractivity contribution in [3.63, 3.8) is 0 Å². The summed E-state index contributed by atoms with van der Waals surface area (Å²) in [4.78, 5) is 2.27. The highest BCUT2D eigenvalue weighted by Gasteiger charge is 2.34. The van der Waals surface area contributed by atoms with E-state index in [1.165, 1.54) is 12.1 Å². The molecule has 0 spiro atoms. The number of aliphatic hydroxyl groups excluding tert-OH is 1. The standard InChI is InChI=1S/C15H22FNO2/c1-15(2)9-13(18)6-7-17(15)10-11-8-12(16)4-5-14(11)19-3/h4-5,8,13,18H,6-7,9-10H2,1-3H3. The molecule has 0 aliphatic carbocycles. The van der Waals surface area contributed by atoms with Gasteiger partial charge in [-0.2, -0.15) is 0 Å². The Morgan fingerprint density at radius 2 is 2.21 bits per heavy atom. The third-order valence-corrected chi connectivity index (χ3v) is 3.93. The average molecular weight is 267 g/mol. The van der Waals surface area contributed by atoms with E-state index in [9.17, 15) is 9.50 Å². The molecule has 1 aliphatic rings. The van der Waals surface area contributed by atoms with Crippen LogP contribution in [0.3, 0.4) is 0 Å². The van der Waals surface area contributed by atoms with Crippen LogP contribution in [0, 0.1) is 5.82 Å². The van der Waals surface area contributed by atoms with Gasteiger partial charge in [-0.3, -0.25) is 4.90 Å². The van der Waals surface area contributed by atoms with Crippen LogP contribution in [0.5, 0.6) is 5.75 Å². The molecule has 1 atom stereocenters. The average Bonchev–Trinajstić information content (AvgIpc) is 2.32. The van der Waals surface area contributed by atoms with Crippen LogP contribution in [0.2, 0.25) is 0 Å². The Bertz CT molecular complexity index is 448. The number of nitrogens with zero attached hydrogens (tertiary/aromatic N) is 1. The van der Waals surface area contributed by atoms with E-state index >= 15 is 0 Å². The number of methoxy groups -OCH3 is 1. The van der Waals surface area contributed by atoms with Gasteiger partial charge < -0.3 is 9.84 Å². The molecule has 3 nitrogen and oxygen atoms in total. The minimum absolute atomic E-state index is 0.0883. The Morgan fingerprint density at radius 3 is 2.84 bits per heavy atom. The summed E-state index contributed by atoms with van der Waals surface area (Å²) in [7, 11) is 1.60. The Labute approximate surface area is 114 Å². The summed E-state index contributed by atoms with van der Waals surface area (Å²) in [6, 6.07) is 4.60. The van der Waals surface area contributed by atoms with Crippen LogP contribution in [-0.2, 0) is 6.54 Å². The quantitative estimate of drug-likeness (QED) is 0.913. The number of likely N-dealkylation sites (tertiary alicyclic amines) is 1. The van der Waals surface area contributed by atoms with Crippen molar-refractivity contribution in [2.24, 2.45) is 0 Å². The van der Waals surface area contributed by atoms with Crippen LogP contribution >= 0.6 is 0 Å². The fourth-order valence-corrected chi connectivity index (χ4v) is 2.78. The van der Waals surface area contributed by atoms with Gasteiger partial charge in [-0.1, -0.05) is 0 Å². The predicted molar refractivity (Wildman–Crippen MR) is 72.7 cm³/mol. The van der Waals surface area contributed by atoms with Crippen LogP contribution < -0.4 is 4.74 Å². The number of aliphatic hydroxyl groups is 1. The summed E-state index contributed by atoms with van der Waals surface area (Å²) in [6.07, 6.45) is 1.27. The van der Waals surface area contributed by atoms with Gasteiger partial charge in [0.2, 0.25) is 0 Å². The third-order valence-electron chi connectivity index (χ3n) is 3.93. The Morgan fingerprint density at radius 1 is 1.47 bits per heavy atom. The molecule has 1 aromatic carbocycles. The second-order valence-electron chi connectivity index (χ2n) is 5.84. The molecule has 1 unspecified atom stereocenters. The molecule has 1 aromatic rings. The lowest BCUT2D eigenvalue weighted by Crippen LogP contribution is -2.50. The maximum atomic E-state index is 13.4. The third kappa shape index (κ3) is 3.25. The molecule has 106 valence electrons. The van der Waals surface area contributed by atoms with E-state index in [0.717, 1.165) is 24.9 Å². The van der Waals surface area contributed by atoms with Crippen LogP contribution in [0.15, 0.2) is 18.2 Å². The normalized spacial score (nSPS) is 23.3. The number of rotatable bonds is 3. The Balaban J connectivity index is 2.18. The van der Waals surface area contributed by atoms with E-state index in [1.807, 2.05) is 0 Å². The highest BCUT2D eigenvalue weighted by Crippen LogP contribution is 2.31. The van der Waals surface area contributed by atoms with Crippen molar-refractivity contribution >= 4 is 0 Å². The van der Waals surface area contributed by atoms with E-state index < -0.39 is 0 Å². The van der Waals surface area contributed by atoms with Gasteiger partial charge in [0.1, 0.15) is 11.6 Å². The first-order valence-corrected chi connectivity index (χ1v) is 6.68. The fraction of sp³-hybridized carbons (Fsp3) is 0.600. The summed E-state index contributed by atoms with van der Waals surface area (Å²) < 4.78 is 18.7. The SMILES string of the molecule is COc1ccc(F)cc1CN1CCC(O)CC1(C)C. The number of piperidine rings is 1. The van der Waals surface area contributed by atoms with E-state index in [-0.39, 0.29) is 17.5 Å². The first-order chi connectivity index (χ1) is 8.92. The van der Waals surface area contributed by atoms with Crippen molar-refractivity contribution in [3.05, 3.63) is 29.6 Å². The lowest BCUT2D eigenvalue weighted by atomic mass is 9.88. The topological polar surface area (TPSA) is 32.7 Å². The number of halogens is 1. The molecular weight excluding hydrogens is 245 g/mol. The van der Waals surface area contributed by atoms with Crippen LogP contribution in [-0.4, -0.2) is 35.3 Å². The number of hydrogen-bond donors (Lipinski definition) is 1. The molecule has 4 heteroatoms. The van der Waals surface area contributed by atoms with Crippen molar-refractivity contribution < 1.29 is 14.2 Å². The lowest BCUT2D eigenvalue weighted by Gasteiger charge is -2.44. The second-order valence-corrected chi connectivity index (χ2v) is 5.84. The fourth-order valence-electron chi connectivity index (χ4n) is 2.78. The molecule has 1 aliphatic heterocycles. The van der Waals surface area contributed by atoms with Crippen LogP contribution in [0.1, 0.15) is 32.3 Å². The van der Waals surface area contributed by atoms with Gasteiger partial charge >= 0.3 is 0 Å². The predicted octanol–water partition coefficient (Wildman–Crippen LogP) is 2.57. The molecule has 1 N–H and O–H groups in total. The molecule has 0 radical (unpaired) electrons. The van der Waals surface area contributed by atoms with Gasteiger partial charge in [0.05, 0.1) is 13.2 Å². The molecule has 1 heterocycles. The summed E-state index contributed by atoms with van der Waals surface area (Å²) in [5.41, 5.74) is 0.765. The van der Waals surface area contributed by atoms with Crippen molar-refractivity contribution in [1.29, 1.82) is 0 Å². The second kappa shape index (κ2) is 5.47. The van der Waals surface area contributed by atoms with E-state index in [2.05, 4.69) is 18.7 Å². The molecular formula is C15H22FNO2. The highest BCUT2D eigenvalue weighted by molar-refractivity contribution is 5.34. The number of benzene rings is 1. The Kier molecular flexibility index (Phi) is 4.11. The maximum absolute atomic E-state index is 13.4. The van der Waals surface area contributed by atoms with Crippen molar-refractivity contribution in [2.75, 3.05) is 13.7 Å². The molecule has 2 rings (SSSR count). The van der Waals surface area contributed by atoms with Crippen LogP contribution in [0.4, 0.5) is 4.39 Å². The van der Waals surface area contributed by atoms with Gasteiger partial charge in [-0.15, -0.1) is 0 Å². The van der Waals surface area contributed by atoms with Crippen molar-refractivity contribution in [1.82, 2.24) is 4.90 Å². The van der Waals surface area contributed by atoms with E-state index in [1.54, 1.807) is 13.2 Å². The Hall–Kier alpha value is -1.13. The molecule has 0 bridgehead atoms. The first-order valence-electron chi connectivity index (χ1n) is 6.68. The molecule has 0 aromatic heterocycles. The number of ether oxygens (including phenoxy) is 1. The van der Waals surface area contributed by atoms with Crippen molar-refractivity contribution in [3.8, 4) is 5.75 Å². The first kappa shape index (κ1) is 14.3. The summed E-state index contributed by atoms with van der Waals surface area (Å²) in [5.74, 6) is 0.467. The number of hydrogen-bond acceptors (Lipinski definition) is 3. The molecule has 1 fully saturated rings. The van der Waals surface area contributed by atoms with E-state index in [4.69, 9.17) is 4.74 Å². The summed E-state index contributed by atoms with van der Waals surface area (Å²) in [6.45, 7) is 5.68. The van der Waals surface area contributed by atoms with Gasteiger partial charge in [-0.25, -0.2) is 4.39 Å². The zero-order chi connectivity index (χ0) is 14.0. The smallest absolute Gasteiger partial charge is 0.123 e. The van der Waals surface area contributed by atoms with Gasteiger partial charge in [0.25, 0.3) is 0 Å². The largest absolute Gasteiger partial charge is 0.496 e. The molecule has 1 saturated heterocycles. The summed E-state index contributed by atoms with van der Waals surface area (Å²) in [5, 5.41) is 9.76. The van der Waals surface area contributed by atoms with Crippen molar-refractivity contribution in [2.45, 2.75) is 44.9 Å². The van der Waals surface area contributed by atoms with Gasteiger partial charge in [0, 0.05) is 24.2 Å². The molecule has 19 heavy (non-hydrogen) atoms.